The van der Waals surface area contributed by atoms with Gasteiger partial charge in [0.1, 0.15) is 17.3 Å². The molecule has 0 atom stereocenters. The fourth-order valence-electron chi connectivity index (χ4n) is 2.89. The van der Waals surface area contributed by atoms with Crippen LogP contribution in [0, 0.1) is 27.4 Å². The molecule has 0 bridgehead atoms. The van der Waals surface area contributed by atoms with Gasteiger partial charge in [0.15, 0.2) is 0 Å². The molecule has 1 fully saturated rings. The summed E-state index contributed by atoms with van der Waals surface area (Å²) in [5.74, 6) is 0.831. The second-order valence-electron chi connectivity index (χ2n) is 5.29. The molecule has 2 rings (SSSR count). The first-order chi connectivity index (χ1) is 9.72. The van der Waals surface area contributed by atoms with E-state index in [4.69, 9.17) is 5.26 Å². The quantitative estimate of drug-likeness (QED) is 0.485. The summed E-state index contributed by atoms with van der Waals surface area (Å²) in [6.07, 6.45) is 7.52. The van der Waals surface area contributed by atoms with Crippen molar-refractivity contribution in [1.29, 1.82) is 5.26 Å². The first-order valence-electron chi connectivity index (χ1n) is 7.13. The van der Waals surface area contributed by atoms with Gasteiger partial charge in [0.25, 0.3) is 0 Å². The monoisotopic (exact) mass is 273 g/mol. The molecule has 5 nitrogen and oxygen atoms in total. The molecular formula is C15H19N3O2. The van der Waals surface area contributed by atoms with Gasteiger partial charge in [0.05, 0.1) is 4.92 Å². The normalized spacial score (nSPS) is 14.9. The van der Waals surface area contributed by atoms with Crippen LogP contribution < -0.4 is 5.32 Å². The molecular weight excluding hydrogens is 254 g/mol. The molecule has 0 spiro atoms. The number of nitrogens with one attached hydrogen (secondary N) is 1. The molecule has 20 heavy (non-hydrogen) atoms. The predicted molar refractivity (Wildman–Crippen MR) is 77.5 cm³/mol. The molecule has 5 heteroatoms. The summed E-state index contributed by atoms with van der Waals surface area (Å²) in [4.78, 5) is 10.6. The van der Waals surface area contributed by atoms with E-state index in [9.17, 15) is 10.1 Å². The van der Waals surface area contributed by atoms with Gasteiger partial charge in [-0.1, -0.05) is 31.7 Å². The topological polar surface area (TPSA) is 79.0 Å². The lowest BCUT2D eigenvalue weighted by molar-refractivity contribution is -0.384. The van der Waals surface area contributed by atoms with E-state index in [0.29, 0.717) is 12.2 Å². The maximum Gasteiger partial charge on any atom is 0.309 e. The highest BCUT2D eigenvalue weighted by atomic mass is 16.6. The Hall–Kier alpha value is -2.09. The zero-order valence-corrected chi connectivity index (χ0v) is 11.5. The second-order valence-corrected chi connectivity index (χ2v) is 5.29. The minimum Gasteiger partial charge on any atom is -0.379 e. The van der Waals surface area contributed by atoms with E-state index in [2.05, 4.69) is 5.32 Å². The molecule has 106 valence electrons. The number of para-hydroxylation sites is 1. The third-order valence-electron chi connectivity index (χ3n) is 3.92. The Morgan fingerprint density at radius 1 is 1.40 bits per heavy atom. The Bertz CT molecular complexity index is 516. The first kappa shape index (κ1) is 14.3. The lowest BCUT2D eigenvalue weighted by Gasteiger charge is -2.10. The van der Waals surface area contributed by atoms with Crippen LogP contribution in [0.3, 0.4) is 0 Å². The van der Waals surface area contributed by atoms with Gasteiger partial charge in [-0.25, -0.2) is 0 Å². The van der Waals surface area contributed by atoms with Gasteiger partial charge < -0.3 is 5.32 Å². The van der Waals surface area contributed by atoms with E-state index < -0.39 is 4.92 Å². The largest absolute Gasteiger partial charge is 0.379 e. The number of nitro groups is 1. The Labute approximate surface area is 118 Å². The Morgan fingerprint density at radius 2 is 2.15 bits per heavy atom. The molecule has 0 heterocycles. The smallest absolute Gasteiger partial charge is 0.309 e. The number of nitro benzene ring substituents is 1. The maximum atomic E-state index is 11.1. The van der Waals surface area contributed by atoms with Crippen LogP contribution in [0.4, 0.5) is 11.4 Å². The number of hydrogen-bond acceptors (Lipinski definition) is 4. The first-order valence-corrected chi connectivity index (χ1v) is 7.13. The molecule has 0 saturated heterocycles. The van der Waals surface area contributed by atoms with E-state index in [1.165, 1.54) is 38.2 Å². The number of hydrogen-bond donors (Lipinski definition) is 1. The highest BCUT2D eigenvalue weighted by Crippen LogP contribution is 2.30. The fourth-order valence-corrected chi connectivity index (χ4v) is 2.89. The minimum absolute atomic E-state index is 0.107. The van der Waals surface area contributed by atoms with Gasteiger partial charge in [0, 0.05) is 6.54 Å². The molecule has 1 saturated carbocycles. The van der Waals surface area contributed by atoms with Crippen molar-refractivity contribution >= 4 is 11.4 Å². The molecule has 1 aliphatic carbocycles. The van der Waals surface area contributed by atoms with E-state index in [-0.39, 0.29) is 11.3 Å². The molecule has 0 radical (unpaired) electrons. The van der Waals surface area contributed by atoms with Crippen molar-refractivity contribution in [2.45, 2.75) is 38.5 Å². The highest BCUT2D eigenvalue weighted by Gasteiger charge is 2.19. The zero-order chi connectivity index (χ0) is 14.4. The minimum atomic E-state index is -0.488. The van der Waals surface area contributed by atoms with Crippen molar-refractivity contribution in [3.8, 4) is 6.07 Å². The molecule has 0 amide bonds. The van der Waals surface area contributed by atoms with Gasteiger partial charge in [-0.05, 0) is 30.9 Å². The number of rotatable bonds is 6. The summed E-state index contributed by atoms with van der Waals surface area (Å²) in [5.41, 5.74) is 0.437. The van der Waals surface area contributed by atoms with E-state index in [1.54, 1.807) is 12.1 Å². The summed E-state index contributed by atoms with van der Waals surface area (Å²) in [5, 5.41) is 23.1. The third-order valence-corrected chi connectivity index (χ3v) is 3.92. The van der Waals surface area contributed by atoms with Gasteiger partial charge in [0.2, 0.25) is 0 Å². The van der Waals surface area contributed by atoms with Crippen LogP contribution in [0.2, 0.25) is 0 Å². The number of anilines is 1. The number of nitrogens with zero attached hydrogens (tertiary/aromatic N) is 2. The van der Waals surface area contributed by atoms with Crippen LogP contribution >= 0.6 is 0 Å². The molecule has 0 aliphatic heterocycles. The van der Waals surface area contributed by atoms with E-state index in [0.717, 1.165) is 12.3 Å². The van der Waals surface area contributed by atoms with Gasteiger partial charge in [-0.15, -0.1) is 0 Å². The fraction of sp³-hybridized carbons (Fsp3) is 0.533. The Balaban J connectivity index is 1.92. The van der Waals surface area contributed by atoms with Crippen molar-refractivity contribution in [2.75, 3.05) is 11.9 Å². The number of benzene rings is 1. The van der Waals surface area contributed by atoms with Crippen LogP contribution in [0.25, 0.3) is 0 Å². The van der Waals surface area contributed by atoms with Gasteiger partial charge >= 0.3 is 5.69 Å². The molecule has 1 N–H and O–H groups in total. The van der Waals surface area contributed by atoms with Gasteiger partial charge in [-0.2, -0.15) is 5.26 Å². The molecule has 1 aromatic rings. The van der Waals surface area contributed by atoms with Crippen molar-refractivity contribution in [3.63, 3.8) is 0 Å². The van der Waals surface area contributed by atoms with E-state index >= 15 is 0 Å². The summed E-state index contributed by atoms with van der Waals surface area (Å²) in [6.45, 7) is 0.715. The van der Waals surface area contributed by atoms with Crippen LogP contribution in [-0.4, -0.2) is 11.5 Å². The zero-order valence-electron chi connectivity index (χ0n) is 11.5. The van der Waals surface area contributed by atoms with Gasteiger partial charge in [-0.3, -0.25) is 10.1 Å². The van der Waals surface area contributed by atoms with Crippen molar-refractivity contribution in [3.05, 3.63) is 33.9 Å². The average Bonchev–Trinajstić information content (AvgIpc) is 2.96. The molecule has 1 aromatic carbocycles. The standard InChI is InChI=1S/C15H19N3O2/c16-11-13-8-3-9-14(15(13)18(19)20)17-10-4-7-12-5-1-2-6-12/h3,8-9,12,17H,1-2,4-7,10H2. The van der Waals surface area contributed by atoms with Crippen molar-refractivity contribution < 1.29 is 4.92 Å². The number of nitriles is 1. The SMILES string of the molecule is N#Cc1cccc(NCCCC2CCCC2)c1[N+](=O)[O-]. The molecule has 0 aromatic heterocycles. The van der Waals surface area contributed by atoms with E-state index in [1.807, 2.05) is 6.07 Å². The van der Waals surface area contributed by atoms with Crippen LogP contribution in [0.5, 0.6) is 0 Å². The van der Waals surface area contributed by atoms with Crippen LogP contribution in [0.1, 0.15) is 44.1 Å². The average molecular weight is 273 g/mol. The summed E-state index contributed by atoms with van der Waals surface area (Å²) >= 11 is 0. The Morgan fingerprint density at radius 3 is 2.80 bits per heavy atom. The maximum absolute atomic E-state index is 11.1. The molecule has 1 aliphatic rings. The van der Waals surface area contributed by atoms with Crippen molar-refractivity contribution in [2.24, 2.45) is 5.92 Å². The predicted octanol–water partition coefficient (Wildman–Crippen LogP) is 3.85. The lowest BCUT2D eigenvalue weighted by Crippen LogP contribution is -2.07. The van der Waals surface area contributed by atoms with Crippen LogP contribution in [-0.2, 0) is 0 Å². The van der Waals surface area contributed by atoms with Crippen molar-refractivity contribution in [1.82, 2.24) is 0 Å². The highest BCUT2D eigenvalue weighted by molar-refractivity contribution is 5.68. The lowest BCUT2D eigenvalue weighted by atomic mass is 10.0. The Kier molecular flexibility index (Phi) is 4.94. The van der Waals surface area contributed by atoms with Crippen LogP contribution in [0.15, 0.2) is 18.2 Å². The summed E-state index contributed by atoms with van der Waals surface area (Å²) < 4.78 is 0. The summed E-state index contributed by atoms with van der Waals surface area (Å²) in [7, 11) is 0. The molecule has 0 unspecified atom stereocenters. The summed E-state index contributed by atoms with van der Waals surface area (Å²) in [6, 6.07) is 6.68. The third kappa shape index (κ3) is 3.47. The second kappa shape index (κ2) is 6.90.